The predicted molar refractivity (Wildman–Crippen MR) is 111 cm³/mol. The molecule has 0 saturated heterocycles. The van der Waals surface area contributed by atoms with Crippen molar-refractivity contribution in [1.82, 2.24) is 4.90 Å². The molecule has 1 aromatic heterocycles. The van der Waals surface area contributed by atoms with Gasteiger partial charge in [-0.15, -0.1) is 11.3 Å². The molecule has 3 rings (SSSR count). The molecule has 0 bridgehead atoms. The molecule has 0 amide bonds. The van der Waals surface area contributed by atoms with Crippen LogP contribution in [0.5, 0.6) is 0 Å². The molecule has 0 saturated carbocycles. The number of hydrogen-bond acceptors (Lipinski definition) is 4. The summed E-state index contributed by atoms with van der Waals surface area (Å²) in [5, 5.41) is 5.22. The first-order chi connectivity index (χ1) is 12.0. The topological polar surface area (TPSA) is 32.3 Å². The molecular formula is C21H26N2OS. The molecule has 0 aliphatic rings. The van der Waals surface area contributed by atoms with Crippen molar-refractivity contribution in [2.24, 2.45) is 0 Å². The van der Waals surface area contributed by atoms with Crippen LogP contribution in [0.4, 0.5) is 5.69 Å². The highest BCUT2D eigenvalue weighted by Gasteiger charge is 2.14. The number of fused-ring (bicyclic) bond motifs is 2. The number of nitrogens with zero attached hydrogens (tertiary/aromatic N) is 1. The van der Waals surface area contributed by atoms with Crippen LogP contribution in [0.2, 0.25) is 0 Å². The van der Waals surface area contributed by atoms with Gasteiger partial charge in [0.15, 0.2) is 5.43 Å². The van der Waals surface area contributed by atoms with Crippen molar-refractivity contribution in [2.75, 3.05) is 25.0 Å². The van der Waals surface area contributed by atoms with E-state index in [9.17, 15) is 4.79 Å². The van der Waals surface area contributed by atoms with Crippen molar-refractivity contribution < 1.29 is 0 Å². The standard InChI is InChI=1S/C21H26N2OS/c1-5-23(6-2)13-15(4)22-17-12-11-14(3)21-19(17)20(24)16-9-7-8-10-18(16)25-21/h7-12,15,22H,5-6,13H2,1-4H3. The highest BCUT2D eigenvalue weighted by Crippen LogP contribution is 2.31. The Morgan fingerprint density at radius 1 is 1.12 bits per heavy atom. The Bertz CT molecular complexity index is 944. The van der Waals surface area contributed by atoms with Gasteiger partial charge in [0.05, 0.1) is 5.39 Å². The smallest absolute Gasteiger partial charge is 0.197 e. The lowest BCUT2D eigenvalue weighted by Crippen LogP contribution is -2.34. The van der Waals surface area contributed by atoms with Crippen molar-refractivity contribution in [1.29, 1.82) is 0 Å². The molecule has 132 valence electrons. The second-order valence-electron chi connectivity index (χ2n) is 6.59. The molecule has 25 heavy (non-hydrogen) atoms. The third-order valence-electron chi connectivity index (χ3n) is 4.75. The van der Waals surface area contributed by atoms with E-state index in [0.717, 1.165) is 51.1 Å². The van der Waals surface area contributed by atoms with Crippen LogP contribution in [0.15, 0.2) is 41.2 Å². The van der Waals surface area contributed by atoms with E-state index in [1.807, 2.05) is 24.3 Å². The summed E-state index contributed by atoms with van der Waals surface area (Å²) in [4.78, 5) is 15.5. The molecule has 3 aromatic rings. The van der Waals surface area contributed by atoms with Gasteiger partial charge in [0, 0.05) is 33.1 Å². The first-order valence-corrected chi connectivity index (χ1v) is 9.80. The van der Waals surface area contributed by atoms with Crippen LogP contribution in [-0.4, -0.2) is 30.6 Å². The van der Waals surface area contributed by atoms with E-state index < -0.39 is 0 Å². The maximum absolute atomic E-state index is 13.1. The Balaban J connectivity index is 2.08. The summed E-state index contributed by atoms with van der Waals surface area (Å²) in [7, 11) is 0. The number of anilines is 1. The summed E-state index contributed by atoms with van der Waals surface area (Å²) in [5.74, 6) is 0. The number of likely N-dealkylation sites (N-methyl/N-ethyl adjacent to an activating group) is 1. The van der Waals surface area contributed by atoms with Gasteiger partial charge in [0.25, 0.3) is 0 Å². The van der Waals surface area contributed by atoms with E-state index in [0.29, 0.717) is 0 Å². The lowest BCUT2D eigenvalue weighted by atomic mass is 10.1. The van der Waals surface area contributed by atoms with E-state index in [-0.39, 0.29) is 11.5 Å². The summed E-state index contributed by atoms with van der Waals surface area (Å²) in [6.45, 7) is 11.7. The first-order valence-electron chi connectivity index (χ1n) is 8.99. The molecule has 0 aliphatic heterocycles. The van der Waals surface area contributed by atoms with Crippen LogP contribution in [-0.2, 0) is 0 Å². The Morgan fingerprint density at radius 2 is 1.84 bits per heavy atom. The maximum Gasteiger partial charge on any atom is 0.197 e. The van der Waals surface area contributed by atoms with Crippen molar-refractivity contribution in [2.45, 2.75) is 33.7 Å². The third kappa shape index (κ3) is 3.55. The van der Waals surface area contributed by atoms with Crippen LogP contribution in [0.1, 0.15) is 26.3 Å². The van der Waals surface area contributed by atoms with Gasteiger partial charge in [-0.3, -0.25) is 4.79 Å². The maximum atomic E-state index is 13.1. The Labute approximate surface area is 153 Å². The highest BCUT2D eigenvalue weighted by molar-refractivity contribution is 7.24. The van der Waals surface area contributed by atoms with E-state index >= 15 is 0 Å². The highest BCUT2D eigenvalue weighted by atomic mass is 32.1. The van der Waals surface area contributed by atoms with Crippen molar-refractivity contribution >= 4 is 37.2 Å². The van der Waals surface area contributed by atoms with Crippen molar-refractivity contribution in [3.8, 4) is 0 Å². The van der Waals surface area contributed by atoms with Crippen molar-refractivity contribution in [3.05, 3.63) is 52.2 Å². The van der Waals surface area contributed by atoms with Gasteiger partial charge in [-0.25, -0.2) is 0 Å². The molecule has 1 atom stereocenters. The minimum absolute atomic E-state index is 0.130. The Kier molecular flexibility index (Phi) is 5.40. The lowest BCUT2D eigenvalue weighted by molar-refractivity contribution is 0.295. The van der Waals surface area contributed by atoms with Gasteiger partial charge in [0.2, 0.25) is 0 Å². The molecule has 3 nitrogen and oxygen atoms in total. The van der Waals surface area contributed by atoms with Crippen LogP contribution in [0.3, 0.4) is 0 Å². The molecule has 1 heterocycles. The van der Waals surface area contributed by atoms with Gasteiger partial charge in [-0.1, -0.05) is 32.0 Å². The number of benzene rings is 2. The summed E-state index contributed by atoms with van der Waals surface area (Å²) in [6, 6.07) is 12.3. The fraction of sp³-hybridized carbons (Fsp3) is 0.381. The molecule has 0 radical (unpaired) electrons. The fourth-order valence-corrected chi connectivity index (χ4v) is 4.50. The number of aryl methyl sites for hydroxylation is 1. The SMILES string of the molecule is CCN(CC)CC(C)Nc1ccc(C)c2sc3ccccc3c(=O)c12. The van der Waals surface area contributed by atoms with E-state index in [4.69, 9.17) is 0 Å². The molecule has 1 N–H and O–H groups in total. The summed E-state index contributed by atoms with van der Waals surface area (Å²) in [5.41, 5.74) is 2.24. The van der Waals surface area contributed by atoms with Crippen LogP contribution < -0.4 is 10.7 Å². The largest absolute Gasteiger partial charge is 0.381 e. The van der Waals surface area contributed by atoms with E-state index in [2.05, 4.69) is 50.0 Å². The minimum atomic E-state index is 0.130. The second kappa shape index (κ2) is 7.54. The van der Waals surface area contributed by atoms with Crippen LogP contribution in [0, 0.1) is 6.92 Å². The molecule has 2 aromatic carbocycles. The van der Waals surface area contributed by atoms with Crippen LogP contribution >= 0.6 is 11.3 Å². The quantitative estimate of drug-likeness (QED) is 0.641. The summed E-state index contributed by atoms with van der Waals surface area (Å²) in [6.07, 6.45) is 0. The predicted octanol–water partition coefficient (Wildman–Crippen LogP) is 4.87. The number of nitrogens with one attached hydrogen (secondary N) is 1. The lowest BCUT2D eigenvalue weighted by Gasteiger charge is -2.24. The second-order valence-corrected chi connectivity index (χ2v) is 7.64. The first kappa shape index (κ1) is 17.9. The van der Waals surface area contributed by atoms with Crippen LogP contribution in [0.25, 0.3) is 20.2 Å². The normalized spacial score (nSPS) is 12.8. The fourth-order valence-electron chi connectivity index (χ4n) is 3.33. The van der Waals surface area contributed by atoms with Gasteiger partial charge >= 0.3 is 0 Å². The third-order valence-corrected chi connectivity index (χ3v) is 6.06. The summed E-state index contributed by atoms with van der Waals surface area (Å²) < 4.78 is 2.14. The molecule has 0 aliphatic carbocycles. The Hall–Kier alpha value is -1.91. The molecule has 0 fully saturated rings. The van der Waals surface area contributed by atoms with E-state index in [1.165, 1.54) is 0 Å². The molecular weight excluding hydrogens is 328 g/mol. The average molecular weight is 355 g/mol. The molecule has 1 unspecified atom stereocenters. The minimum Gasteiger partial charge on any atom is -0.381 e. The summed E-state index contributed by atoms with van der Waals surface area (Å²) >= 11 is 1.71. The average Bonchev–Trinajstić information content (AvgIpc) is 2.62. The number of rotatable bonds is 6. The van der Waals surface area contributed by atoms with Gasteiger partial charge in [-0.2, -0.15) is 0 Å². The Morgan fingerprint density at radius 3 is 2.56 bits per heavy atom. The number of hydrogen-bond donors (Lipinski definition) is 1. The van der Waals surface area contributed by atoms with E-state index in [1.54, 1.807) is 11.3 Å². The van der Waals surface area contributed by atoms with Gasteiger partial charge in [0.1, 0.15) is 0 Å². The van der Waals surface area contributed by atoms with Crippen molar-refractivity contribution in [3.63, 3.8) is 0 Å². The zero-order valence-corrected chi connectivity index (χ0v) is 16.2. The zero-order valence-electron chi connectivity index (χ0n) is 15.4. The monoisotopic (exact) mass is 354 g/mol. The molecule has 0 spiro atoms. The molecule has 4 heteroatoms. The zero-order chi connectivity index (χ0) is 18.0. The van der Waals surface area contributed by atoms with Gasteiger partial charge < -0.3 is 10.2 Å². The van der Waals surface area contributed by atoms with Gasteiger partial charge in [-0.05, 0) is 50.7 Å².